The maximum absolute atomic E-state index is 4.26. The van der Waals surface area contributed by atoms with Crippen molar-refractivity contribution in [3.63, 3.8) is 0 Å². The Labute approximate surface area is 105 Å². The van der Waals surface area contributed by atoms with E-state index in [0.717, 1.165) is 18.9 Å². The highest BCUT2D eigenvalue weighted by Gasteiger charge is 2.10. The van der Waals surface area contributed by atoms with Gasteiger partial charge in [0.1, 0.15) is 5.82 Å². The van der Waals surface area contributed by atoms with Gasteiger partial charge in [-0.05, 0) is 38.4 Å². The van der Waals surface area contributed by atoms with Gasteiger partial charge in [0.25, 0.3) is 0 Å². The van der Waals surface area contributed by atoms with E-state index in [2.05, 4.69) is 36.0 Å². The molecule has 0 aliphatic heterocycles. The van der Waals surface area contributed by atoms with Crippen LogP contribution in [0.15, 0.2) is 24.4 Å². The summed E-state index contributed by atoms with van der Waals surface area (Å²) in [7, 11) is 0. The lowest BCUT2D eigenvalue weighted by Crippen LogP contribution is -2.37. The first-order chi connectivity index (χ1) is 8.27. The van der Waals surface area contributed by atoms with Crippen LogP contribution in [0.2, 0.25) is 0 Å². The van der Waals surface area contributed by atoms with Crippen LogP contribution in [-0.2, 0) is 0 Å². The van der Waals surface area contributed by atoms with Crippen LogP contribution in [0.1, 0.15) is 33.6 Å². The molecule has 1 rings (SSSR count). The summed E-state index contributed by atoms with van der Waals surface area (Å²) in [5, 5.41) is 3.36. The van der Waals surface area contributed by atoms with Crippen molar-refractivity contribution in [2.75, 3.05) is 25.0 Å². The van der Waals surface area contributed by atoms with Crippen molar-refractivity contribution >= 4 is 5.82 Å². The second-order valence-electron chi connectivity index (χ2n) is 4.43. The Morgan fingerprint density at radius 3 is 2.71 bits per heavy atom. The van der Waals surface area contributed by atoms with Crippen molar-refractivity contribution in [3.8, 4) is 0 Å². The second kappa shape index (κ2) is 8.07. The molecule has 0 saturated heterocycles. The minimum absolute atomic E-state index is 0.667. The van der Waals surface area contributed by atoms with E-state index in [0.29, 0.717) is 6.04 Å². The fraction of sp³-hybridized carbons (Fsp3) is 0.643. The highest BCUT2D eigenvalue weighted by atomic mass is 15.2. The van der Waals surface area contributed by atoms with Gasteiger partial charge >= 0.3 is 0 Å². The molecule has 0 fully saturated rings. The van der Waals surface area contributed by atoms with Gasteiger partial charge in [-0.15, -0.1) is 0 Å². The topological polar surface area (TPSA) is 28.2 Å². The van der Waals surface area contributed by atoms with Gasteiger partial charge in [-0.25, -0.2) is 4.98 Å². The van der Waals surface area contributed by atoms with Crippen molar-refractivity contribution in [1.29, 1.82) is 0 Å². The lowest BCUT2D eigenvalue weighted by Gasteiger charge is -2.28. The Morgan fingerprint density at radius 2 is 2.12 bits per heavy atom. The maximum Gasteiger partial charge on any atom is 0.125 e. The molecule has 0 aromatic carbocycles. The average Bonchev–Trinajstić information content (AvgIpc) is 2.38. The van der Waals surface area contributed by atoms with Crippen LogP contribution in [-0.4, -0.2) is 35.6 Å². The molecule has 1 atom stereocenters. The Bertz CT molecular complexity index is 287. The van der Waals surface area contributed by atoms with Crippen molar-refractivity contribution in [3.05, 3.63) is 24.4 Å². The van der Waals surface area contributed by atoms with Crippen LogP contribution in [0.25, 0.3) is 0 Å². The summed E-state index contributed by atoms with van der Waals surface area (Å²) in [5.74, 6) is 0.966. The van der Waals surface area contributed by atoms with E-state index in [9.17, 15) is 0 Å². The van der Waals surface area contributed by atoms with Crippen molar-refractivity contribution in [1.82, 2.24) is 9.88 Å². The minimum Gasteiger partial charge on any atom is -0.369 e. The van der Waals surface area contributed by atoms with E-state index in [-0.39, 0.29) is 0 Å². The van der Waals surface area contributed by atoms with Gasteiger partial charge in [-0.2, -0.15) is 0 Å². The molecule has 0 amide bonds. The van der Waals surface area contributed by atoms with Crippen molar-refractivity contribution in [2.24, 2.45) is 0 Å². The molecular formula is C14H25N3. The summed E-state index contributed by atoms with van der Waals surface area (Å²) >= 11 is 0. The second-order valence-corrected chi connectivity index (χ2v) is 4.43. The summed E-state index contributed by atoms with van der Waals surface area (Å²) in [6.07, 6.45) is 4.25. The molecule has 0 aliphatic rings. The number of hydrogen-bond acceptors (Lipinski definition) is 3. The Morgan fingerprint density at radius 1 is 1.29 bits per heavy atom. The third-order valence-corrected chi connectivity index (χ3v) is 3.10. The molecule has 3 nitrogen and oxygen atoms in total. The van der Waals surface area contributed by atoms with Gasteiger partial charge in [0.2, 0.25) is 0 Å². The zero-order chi connectivity index (χ0) is 12.5. The van der Waals surface area contributed by atoms with Crippen LogP contribution < -0.4 is 5.32 Å². The SMILES string of the molecule is CCCN(CCNc1ccccn1)C(C)CC. The number of nitrogens with zero attached hydrogens (tertiary/aromatic N) is 2. The van der Waals surface area contributed by atoms with Crippen LogP contribution >= 0.6 is 0 Å². The summed E-state index contributed by atoms with van der Waals surface area (Å²) in [6.45, 7) is 10.0. The lowest BCUT2D eigenvalue weighted by molar-refractivity contribution is 0.212. The van der Waals surface area contributed by atoms with E-state index in [1.807, 2.05) is 24.4 Å². The molecule has 1 unspecified atom stereocenters. The van der Waals surface area contributed by atoms with Gasteiger partial charge < -0.3 is 5.32 Å². The molecule has 0 aliphatic carbocycles. The van der Waals surface area contributed by atoms with E-state index < -0.39 is 0 Å². The lowest BCUT2D eigenvalue weighted by atomic mass is 10.2. The first kappa shape index (κ1) is 14.0. The van der Waals surface area contributed by atoms with Gasteiger partial charge in [0.05, 0.1) is 0 Å². The molecular weight excluding hydrogens is 210 g/mol. The molecule has 0 spiro atoms. The largest absolute Gasteiger partial charge is 0.369 e. The van der Waals surface area contributed by atoms with Gasteiger partial charge in [0.15, 0.2) is 0 Å². The van der Waals surface area contributed by atoms with Crippen LogP contribution in [0.5, 0.6) is 0 Å². The highest BCUT2D eigenvalue weighted by molar-refractivity contribution is 5.32. The first-order valence-corrected chi connectivity index (χ1v) is 6.66. The summed E-state index contributed by atoms with van der Waals surface area (Å²) in [6, 6.07) is 6.62. The zero-order valence-electron chi connectivity index (χ0n) is 11.3. The van der Waals surface area contributed by atoms with Crippen LogP contribution in [0.3, 0.4) is 0 Å². The Balaban J connectivity index is 2.32. The van der Waals surface area contributed by atoms with Crippen LogP contribution in [0.4, 0.5) is 5.82 Å². The molecule has 0 bridgehead atoms. The monoisotopic (exact) mass is 235 g/mol. The number of aromatic nitrogens is 1. The maximum atomic E-state index is 4.26. The molecule has 96 valence electrons. The standard InChI is InChI=1S/C14H25N3/c1-4-11-17(13(3)5-2)12-10-16-14-8-6-7-9-15-14/h6-9,13H,4-5,10-12H2,1-3H3,(H,15,16). The highest BCUT2D eigenvalue weighted by Crippen LogP contribution is 2.05. The summed E-state index contributed by atoms with van der Waals surface area (Å²) < 4.78 is 0. The first-order valence-electron chi connectivity index (χ1n) is 6.66. The predicted molar refractivity (Wildman–Crippen MR) is 74.3 cm³/mol. The zero-order valence-corrected chi connectivity index (χ0v) is 11.3. The molecule has 3 heteroatoms. The number of hydrogen-bond donors (Lipinski definition) is 1. The third kappa shape index (κ3) is 5.18. The van der Waals surface area contributed by atoms with Gasteiger partial charge in [0, 0.05) is 25.3 Å². The molecule has 1 N–H and O–H groups in total. The smallest absolute Gasteiger partial charge is 0.125 e. The molecule has 0 saturated carbocycles. The number of nitrogens with one attached hydrogen (secondary N) is 1. The van der Waals surface area contributed by atoms with Crippen molar-refractivity contribution < 1.29 is 0 Å². The van der Waals surface area contributed by atoms with E-state index in [4.69, 9.17) is 0 Å². The fourth-order valence-corrected chi connectivity index (χ4v) is 1.89. The van der Waals surface area contributed by atoms with Gasteiger partial charge in [-0.1, -0.05) is 19.9 Å². The molecule has 0 radical (unpaired) electrons. The van der Waals surface area contributed by atoms with Crippen LogP contribution in [0, 0.1) is 0 Å². The normalized spacial score (nSPS) is 12.7. The predicted octanol–water partition coefficient (Wildman–Crippen LogP) is 3.00. The van der Waals surface area contributed by atoms with E-state index >= 15 is 0 Å². The molecule has 17 heavy (non-hydrogen) atoms. The fourth-order valence-electron chi connectivity index (χ4n) is 1.89. The van der Waals surface area contributed by atoms with E-state index in [1.165, 1.54) is 19.4 Å². The summed E-state index contributed by atoms with van der Waals surface area (Å²) in [5.41, 5.74) is 0. The molecule has 1 aromatic rings. The quantitative estimate of drug-likeness (QED) is 0.751. The summed E-state index contributed by atoms with van der Waals surface area (Å²) in [4.78, 5) is 6.79. The third-order valence-electron chi connectivity index (χ3n) is 3.10. The van der Waals surface area contributed by atoms with Gasteiger partial charge in [-0.3, -0.25) is 4.90 Å². The Hall–Kier alpha value is -1.09. The number of anilines is 1. The van der Waals surface area contributed by atoms with Crippen molar-refractivity contribution in [2.45, 2.75) is 39.7 Å². The number of rotatable bonds is 8. The molecule has 1 aromatic heterocycles. The number of pyridine rings is 1. The molecule has 1 heterocycles. The Kier molecular flexibility index (Phi) is 6.63. The van der Waals surface area contributed by atoms with E-state index in [1.54, 1.807) is 0 Å². The minimum atomic E-state index is 0.667. The average molecular weight is 235 g/mol.